The highest BCUT2D eigenvalue weighted by molar-refractivity contribution is 5.81. The van der Waals surface area contributed by atoms with E-state index in [1.54, 1.807) is 35.4 Å². The molecule has 1 unspecified atom stereocenters. The maximum absolute atomic E-state index is 13.5. The van der Waals surface area contributed by atoms with E-state index in [-0.39, 0.29) is 18.4 Å². The molecule has 1 atom stereocenters. The van der Waals surface area contributed by atoms with E-state index in [9.17, 15) is 9.18 Å². The quantitative estimate of drug-likeness (QED) is 0.588. The van der Waals surface area contributed by atoms with Crippen LogP contribution in [-0.2, 0) is 11.3 Å². The zero-order chi connectivity index (χ0) is 21.1. The summed E-state index contributed by atoms with van der Waals surface area (Å²) in [5, 5.41) is 19.8. The minimum absolute atomic E-state index is 0.150. The van der Waals surface area contributed by atoms with Crippen LogP contribution in [0.2, 0.25) is 0 Å². The SMILES string of the molecule is C=C(CCC(=O)N1N=CCC1c1cncc(F)c1)Cn1ncc2cc(C#N)ccc21. The molecule has 7 nitrogen and oxygen atoms in total. The average molecular weight is 402 g/mol. The summed E-state index contributed by atoms with van der Waals surface area (Å²) in [6, 6.07) is 8.56. The number of nitrogens with zero attached hydrogens (tertiary/aromatic N) is 6. The smallest absolute Gasteiger partial charge is 0.243 e. The Morgan fingerprint density at radius 2 is 2.13 bits per heavy atom. The van der Waals surface area contributed by atoms with Crippen molar-refractivity contribution in [2.45, 2.75) is 31.8 Å². The van der Waals surface area contributed by atoms with Gasteiger partial charge in [-0.15, -0.1) is 0 Å². The van der Waals surface area contributed by atoms with E-state index < -0.39 is 5.82 Å². The molecule has 30 heavy (non-hydrogen) atoms. The lowest BCUT2D eigenvalue weighted by Gasteiger charge is -2.22. The van der Waals surface area contributed by atoms with Crippen molar-refractivity contribution >= 4 is 23.0 Å². The number of aromatic nitrogens is 3. The Morgan fingerprint density at radius 3 is 2.93 bits per heavy atom. The molecule has 0 N–H and O–H groups in total. The van der Waals surface area contributed by atoms with Gasteiger partial charge in [0.1, 0.15) is 5.82 Å². The van der Waals surface area contributed by atoms with Crippen molar-refractivity contribution < 1.29 is 9.18 Å². The van der Waals surface area contributed by atoms with Gasteiger partial charge < -0.3 is 0 Å². The molecule has 0 saturated heterocycles. The lowest BCUT2D eigenvalue weighted by molar-refractivity contribution is -0.133. The molecule has 8 heteroatoms. The number of rotatable bonds is 6. The monoisotopic (exact) mass is 402 g/mol. The Hall–Kier alpha value is -3.86. The molecule has 4 rings (SSSR count). The second-order valence-corrected chi connectivity index (χ2v) is 7.16. The number of hydrazone groups is 1. The first-order valence-corrected chi connectivity index (χ1v) is 9.52. The van der Waals surface area contributed by atoms with Crippen LogP contribution < -0.4 is 0 Å². The van der Waals surface area contributed by atoms with Crippen LogP contribution in [0.4, 0.5) is 4.39 Å². The van der Waals surface area contributed by atoms with Crippen LogP contribution in [0.1, 0.15) is 36.4 Å². The Balaban J connectivity index is 1.37. The maximum Gasteiger partial charge on any atom is 0.243 e. The summed E-state index contributed by atoms with van der Waals surface area (Å²) in [7, 11) is 0. The zero-order valence-electron chi connectivity index (χ0n) is 16.2. The molecule has 0 aliphatic carbocycles. The van der Waals surface area contributed by atoms with E-state index in [1.165, 1.54) is 11.1 Å². The Morgan fingerprint density at radius 1 is 1.27 bits per heavy atom. The average Bonchev–Trinajstić information content (AvgIpc) is 3.39. The lowest BCUT2D eigenvalue weighted by Crippen LogP contribution is -2.27. The van der Waals surface area contributed by atoms with Crippen molar-refractivity contribution in [2.75, 3.05) is 0 Å². The van der Waals surface area contributed by atoms with E-state index in [0.29, 0.717) is 30.5 Å². The predicted molar refractivity (Wildman–Crippen MR) is 110 cm³/mol. The third kappa shape index (κ3) is 3.96. The highest BCUT2D eigenvalue weighted by Crippen LogP contribution is 2.29. The molecule has 1 aromatic carbocycles. The van der Waals surface area contributed by atoms with E-state index in [4.69, 9.17) is 5.26 Å². The highest BCUT2D eigenvalue weighted by Gasteiger charge is 2.28. The van der Waals surface area contributed by atoms with Gasteiger partial charge in [-0.1, -0.05) is 12.2 Å². The maximum atomic E-state index is 13.5. The van der Waals surface area contributed by atoms with Gasteiger partial charge in [0.25, 0.3) is 0 Å². The van der Waals surface area contributed by atoms with Crippen LogP contribution >= 0.6 is 0 Å². The Kier molecular flexibility index (Phi) is 5.35. The van der Waals surface area contributed by atoms with Crippen LogP contribution in [0.5, 0.6) is 0 Å². The zero-order valence-corrected chi connectivity index (χ0v) is 16.2. The first-order valence-electron chi connectivity index (χ1n) is 9.52. The van der Waals surface area contributed by atoms with Crippen molar-refractivity contribution in [2.24, 2.45) is 5.10 Å². The summed E-state index contributed by atoms with van der Waals surface area (Å²) < 4.78 is 15.3. The first kappa shape index (κ1) is 19.5. The van der Waals surface area contributed by atoms with Gasteiger partial charge in [0, 0.05) is 30.6 Å². The minimum atomic E-state index is -0.437. The summed E-state index contributed by atoms with van der Waals surface area (Å²) in [4.78, 5) is 16.6. The fourth-order valence-corrected chi connectivity index (χ4v) is 3.51. The molecule has 1 amide bonds. The number of nitriles is 1. The van der Waals surface area contributed by atoms with Gasteiger partial charge in [-0.25, -0.2) is 9.40 Å². The standard InChI is InChI=1S/C22H19FN6O/c1-15(14-28-20-4-3-16(10-24)8-17(20)12-27-28)2-5-22(30)29-21(6-7-26-29)18-9-19(23)13-25-11-18/h3-4,7-9,11-13,21H,1-2,5-6,14H2. The number of benzene rings is 1. The summed E-state index contributed by atoms with van der Waals surface area (Å²) in [5.41, 5.74) is 2.97. The number of halogens is 1. The molecule has 0 fully saturated rings. The number of hydrogen-bond donors (Lipinski definition) is 0. The van der Waals surface area contributed by atoms with Crippen LogP contribution in [0.15, 0.2) is 60.1 Å². The molecule has 1 aliphatic heterocycles. The van der Waals surface area contributed by atoms with Crippen LogP contribution in [0, 0.1) is 17.1 Å². The van der Waals surface area contributed by atoms with E-state index in [0.717, 1.165) is 22.7 Å². The fourth-order valence-electron chi connectivity index (χ4n) is 3.51. The molecular weight excluding hydrogens is 383 g/mol. The molecule has 150 valence electrons. The number of carbonyl (C=O) groups is 1. The Labute approximate surface area is 172 Å². The summed E-state index contributed by atoms with van der Waals surface area (Å²) >= 11 is 0. The molecule has 2 aromatic heterocycles. The molecule has 3 heterocycles. The van der Waals surface area contributed by atoms with E-state index >= 15 is 0 Å². The summed E-state index contributed by atoms with van der Waals surface area (Å²) in [6.45, 7) is 4.55. The largest absolute Gasteiger partial charge is 0.273 e. The summed E-state index contributed by atoms with van der Waals surface area (Å²) in [6.07, 6.45) is 7.32. The molecule has 0 bridgehead atoms. The second-order valence-electron chi connectivity index (χ2n) is 7.16. The third-order valence-corrected chi connectivity index (χ3v) is 5.03. The lowest BCUT2D eigenvalue weighted by atomic mass is 10.1. The van der Waals surface area contributed by atoms with Gasteiger partial charge in [-0.3, -0.25) is 14.5 Å². The number of pyridine rings is 1. The van der Waals surface area contributed by atoms with Crippen LogP contribution in [0.3, 0.4) is 0 Å². The molecule has 1 aliphatic rings. The van der Waals surface area contributed by atoms with E-state index in [1.807, 2.05) is 6.07 Å². The number of amides is 1. The number of carbonyl (C=O) groups excluding carboxylic acids is 1. The summed E-state index contributed by atoms with van der Waals surface area (Å²) in [5.74, 6) is -0.586. The third-order valence-electron chi connectivity index (χ3n) is 5.03. The normalized spacial score (nSPS) is 15.5. The van der Waals surface area contributed by atoms with Crippen molar-refractivity contribution in [1.29, 1.82) is 5.26 Å². The topological polar surface area (TPSA) is 87.2 Å². The van der Waals surface area contributed by atoms with Crippen molar-refractivity contribution in [3.63, 3.8) is 0 Å². The van der Waals surface area contributed by atoms with Crippen molar-refractivity contribution in [3.05, 3.63) is 72.0 Å². The fraction of sp³-hybridized carbons (Fsp3) is 0.227. The molecular formula is C22H19FN6O. The van der Waals surface area contributed by atoms with Crippen molar-refractivity contribution in [1.82, 2.24) is 19.8 Å². The second kappa shape index (κ2) is 8.25. The number of allylic oxidation sites excluding steroid dienone is 1. The number of fused-ring (bicyclic) bond motifs is 1. The Bertz CT molecular complexity index is 1190. The number of hydrogen-bond acceptors (Lipinski definition) is 5. The van der Waals surface area contributed by atoms with Gasteiger partial charge in [0.15, 0.2) is 0 Å². The van der Waals surface area contributed by atoms with Gasteiger partial charge in [-0.05, 0) is 36.2 Å². The first-order chi connectivity index (χ1) is 14.5. The molecule has 0 radical (unpaired) electrons. The van der Waals surface area contributed by atoms with Crippen LogP contribution in [0.25, 0.3) is 10.9 Å². The van der Waals surface area contributed by atoms with Crippen molar-refractivity contribution in [3.8, 4) is 6.07 Å². The molecule has 3 aromatic rings. The molecule has 0 saturated carbocycles. The molecule has 0 spiro atoms. The van der Waals surface area contributed by atoms with Gasteiger partial charge in [-0.2, -0.15) is 15.5 Å². The predicted octanol–water partition coefficient (Wildman–Crippen LogP) is 3.74. The van der Waals surface area contributed by atoms with E-state index in [2.05, 4.69) is 27.8 Å². The van der Waals surface area contributed by atoms with Gasteiger partial charge >= 0.3 is 0 Å². The van der Waals surface area contributed by atoms with Gasteiger partial charge in [0.2, 0.25) is 5.91 Å². The van der Waals surface area contributed by atoms with Gasteiger partial charge in [0.05, 0.1) is 42.1 Å². The minimum Gasteiger partial charge on any atom is -0.273 e. The van der Waals surface area contributed by atoms with Crippen LogP contribution in [-0.4, -0.2) is 31.9 Å². The highest BCUT2D eigenvalue weighted by atomic mass is 19.1.